The zero-order chi connectivity index (χ0) is 16.9. The van der Waals surface area contributed by atoms with Gasteiger partial charge in [-0.05, 0) is 37.1 Å². The fourth-order valence-corrected chi connectivity index (χ4v) is 3.66. The van der Waals surface area contributed by atoms with Gasteiger partial charge in [0.25, 0.3) is 5.91 Å². The highest BCUT2D eigenvalue weighted by Crippen LogP contribution is 2.35. The fraction of sp³-hybridized carbons (Fsp3) is 0.438. The Kier molecular flexibility index (Phi) is 5.34. The number of nitrogens with one attached hydrogen (secondary N) is 1. The second-order valence-corrected chi connectivity index (χ2v) is 6.65. The summed E-state index contributed by atoms with van der Waals surface area (Å²) in [6.45, 7) is -2.88. The number of nitrogens with zero attached hydrogens (tertiary/aromatic N) is 2. The standard InChI is InChI=1S/C16H17F2N3O2S/c17-15(18)23-12-8-6-10(7-9-12)13(22)19-16-21-20-14(24-16)11-4-2-1-3-5-11/h6-9,11,15H,1-5H2,(H,19,21,22). The molecule has 5 nitrogen and oxygen atoms in total. The van der Waals surface area contributed by atoms with E-state index in [9.17, 15) is 13.6 Å². The maximum atomic E-state index is 12.2. The summed E-state index contributed by atoms with van der Waals surface area (Å²) in [6.07, 6.45) is 5.92. The Labute approximate surface area is 142 Å². The van der Waals surface area contributed by atoms with Crippen molar-refractivity contribution in [3.05, 3.63) is 34.8 Å². The largest absolute Gasteiger partial charge is 0.435 e. The molecule has 0 unspecified atom stereocenters. The van der Waals surface area contributed by atoms with E-state index < -0.39 is 6.61 Å². The molecule has 0 aliphatic heterocycles. The van der Waals surface area contributed by atoms with Crippen molar-refractivity contribution >= 4 is 22.4 Å². The third-order valence-electron chi connectivity index (χ3n) is 3.96. The van der Waals surface area contributed by atoms with Crippen LogP contribution in [0.25, 0.3) is 0 Å². The molecule has 1 aromatic heterocycles. The molecular formula is C16H17F2N3O2S. The quantitative estimate of drug-likeness (QED) is 0.863. The Morgan fingerprint density at radius 3 is 2.54 bits per heavy atom. The molecule has 1 aliphatic rings. The number of carbonyl (C=O) groups excluding carboxylic acids is 1. The molecule has 3 rings (SSSR count). The summed E-state index contributed by atoms with van der Waals surface area (Å²) in [5.41, 5.74) is 0.339. The first-order valence-electron chi connectivity index (χ1n) is 7.81. The Morgan fingerprint density at radius 1 is 1.17 bits per heavy atom. The number of amides is 1. The van der Waals surface area contributed by atoms with Gasteiger partial charge in [0.15, 0.2) is 0 Å². The van der Waals surface area contributed by atoms with Crippen LogP contribution < -0.4 is 10.1 Å². The first-order valence-corrected chi connectivity index (χ1v) is 8.63. The molecule has 1 heterocycles. The number of ether oxygens (including phenoxy) is 1. The van der Waals surface area contributed by atoms with Crippen LogP contribution in [0, 0.1) is 0 Å². The molecule has 8 heteroatoms. The van der Waals surface area contributed by atoms with Crippen LogP contribution >= 0.6 is 11.3 Å². The van der Waals surface area contributed by atoms with E-state index >= 15 is 0 Å². The molecule has 1 fully saturated rings. The van der Waals surface area contributed by atoms with Crippen LogP contribution in [0.5, 0.6) is 5.75 Å². The van der Waals surface area contributed by atoms with Crippen LogP contribution in [0.3, 0.4) is 0 Å². The minimum absolute atomic E-state index is 0.0112. The molecule has 128 valence electrons. The third kappa shape index (κ3) is 4.25. The summed E-state index contributed by atoms with van der Waals surface area (Å²) >= 11 is 1.40. The van der Waals surface area contributed by atoms with Crippen molar-refractivity contribution in [3.63, 3.8) is 0 Å². The summed E-state index contributed by atoms with van der Waals surface area (Å²) in [7, 11) is 0. The Balaban J connectivity index is 1.61. The van der Waals surface area contributed by atoms with Crippen molar-refractivity contribution in [2.24, 2.45) is 0 Å². The van der Waals surface area contributed by atoms with Gasteiger partial charge >= 0.3 is 6.61 Å². The maximum Gasteiger partial charge on any atom is 0.387 e. The van der Waals surface area contributed by atoms with E-state index in [1.165, 1.54) is 54.9 Å². The van der Waals surface area contributed by atoms with Crippen LogP contribution in [0.2, 0.25) is 0 Å². The van der Waals surface area contributed by atoms with Gasteiger partial charge in [-0.1, -0.05) is 30.6 Å². The lowest BCUT2D eigenvalue weighted by Crippen LogP contribution is -2.11. The highest BCUT2D eigenvalue weighted by Gasteiger charge is 2.20. The van der Waals surface area contributed by atoms with Gasteiger partial charge in [-0.3, -0.25) is 10.1 Å². The fourth-order valence-electron chi connectivity index (χ4n) is 2.76. The van der Waals surface area contributed by atoms with E-state index in [2.05, 4.69) is 20.3 Å². The number of carbonyl (C=O) groups is 1. The number of hydrogen-bond donors (Lipinski definition) is 1. The van der Waals surface area contributed by atoms with Gasteiger partial charge in [-0.15, -0.1) is 10.2 Å². The summed E-state index contributed by atoms with van der Waals surface area (Å²) in [5.74, 6) is 0.0923. The normalized spacial score (nSPS) is 15.5. The van der Waals surface area contributed by atoms with Crippen LogP contribution in [0.15, 0.2) is 24.3 Å². The van der Waals surface area contributed by atoms with Gasteiger partial charge in [0.05, 0.1) is 0 Å². The molecule has 2 aromatic rings. The van der Waals surface area contributed by atoms with Crippen molar-refractivity contribution in [2.75, 3.05) is 5.32 Å². The Morgan fingerprint density at radius 2 is 1.88 bits per heavy atom. The van der Waals surface area contributed by atoms with Crippen molar-refractivity contribution in [3.8, 4) is 5.75 Å². The molecular weight excluding hydrogens is 336 g/mol. The van der Waals surface area contributed by atoms with E-state index in [1.54, 1.807) is 0 Å². The van der Waals surface area contributed by atoms with Gasteiger partial charge in [-0.25, -0.2) is 0 Å². The Hall–Kier alpha value is -2.09. The molecule has 1 N–H and O–H groups in total. The highest BCUT2D eigenvalue weighted by atomic mass is 32.1. The number of alkyl halides is 2. The van der Waals surface area contributed by atoms with Gasteiger partial charge in [0, 0.05) is 11.5 Å². The van der Waals surface area contributed by atoms with Crippen LogP contribution in [-0.4, -0.2) is 22.7 Å². The molecule has 0 saturated heterocycles. The first kappa shape index (κ1) is 16.8. The number of aromatic nitrogens is 2. The number of halogens is 2. The molecule has 1 aliphatic carbocycles. The molecule has 1 aromatic carbocycles. The summed E-state index contributed by atoms with van der Waals surface area (Å²) in [6, 6.07) is 5.51. The molecule has 1 amide bonds. The van der Waals surface area contributed by atoms with Crippen molar-refractivity contribution < 1.29 is 18.3 Å². The smallest absolute Gasteiger partial charge is 0.387 e. The van der Waals surface area contributed by atoms with Gasteiger partial charge < -0.3 is 4.74 Å². The first-order chi connectivity index (χ1) is 11.6. The van der Waals surface area contributed by atoms with Crippen LogP contribution in [0.1, 0.15) is 53.4 Å². The van der Waals surface area contributed by atoms with Gasteiger partial charge in [0.2, 0.25) is 5.13 Å². The van der Waals surface area contributed by atoms with Gasteiger partial charge in [0.1, 0.15) is 10.8 Å². The number of rotatable bonds is 5. The lowest BCUT2D eigenvalue weighted by Gasteiger charge is -2.18. The van der Waals surface area contributed by atoms with E-state index in [0.717, 1.165) is 17.8 Å². The number of anilines is 1. The average Bonchev–Trinajstić information content (AvgIpc) is 3.04. The molecule has 0 spiro atoms. The molecule has 24 heavy (non-hydrogen) atoms. The van der Waals surface area contributed by atoms with Crippen molar-refractivity contribution in [1.82, 2.24) is 10.2 Å². The van der Waals surface area contributed by atoms with Crippen molar-refractivity contribution in [1.29, 1.82) is 0 Å². The number of hydrogen-bond acceptors (Lipinski definition) is 5. The van der Waals surface area contributed by atoms with E-state index in [4.69, 9.17) is 0 Å². The SMILES string of the molecule is O=C(Nc1nnc(C2CCCCC2)s1)c1ccc(OC(F)F)cc1. The predicted octanol–water partition coefficient (Wildman–Crippen LogP) is 4.44. The molecule has 0 atom stereocenters. The predicted molar refractivity (Wildman–Crippen MR) is 86.8 cm³/mol. The van der Waals surface area contributed by atoms with Gasteiger partial charge in [-0.2, -0.15) is 8.78 Å². The van der Waals surface area contributed by atoms with Crippen molar-refractivity contribution in [2.45, 2.75) is 44.6 Å². The van der Waals surface area contributed by atoms with E-state index in [-0.39, 0.29) is 11.7 Å². The molecule has 1 saturated carbocycles. The molecule has 0 bridgehead atoms. The lowest BCUT2D eigenvalue weighted by molar-refractivity contribution is -0.0498. The minimum Gasteiger partial charge on any atom is -0.435 e. The topological polar surface area (TPSA) is 64.1 Å². The zero-order valence-electron chi connectivity index (χ0n) is 12.9. The lowest BCUT2D eigenvalue weighted by atomic mass is 9.90. The van der Waals surface area contributed by atoms with Crippen LogP contribution in [-0.2, 0) is 0 Å². The summed E-state index contributed by atoms with van der Waals surface area (Å²) in [4.78, 5) is 12.2. The summed E-state index contributed by atoms with van der Waals surface area (Å²) in [5, 5.41) is 12.3. The van der Waals surface area contributed by atoms with E-state index in [0.29, 0.717) is 16.6 Å². The minimum atomic E-state index is -2.88. The third-order valence-corrected chi connectivity index (χ3v) is 4.96. The maximum absolute atomic E-state index is 12.2. The Bertz CT molecular complexity index is 685. The second kappa shape index (κ2) is 7.65. The van der Waals surface area contributed by atoms with Crippen LogP contribution in [0.4, 0.5) is 13.9 Å². The number of benzene rings is 1. The van der Waals surface area contributed by atoms with E-state index in [1.807, 2.05) is 0 Å². The monoisotopic (exact) mass is 353 g/mol. The molecule has 0 radical (unpaired) electrons. The average molecular weight is 353 g/mol. The second-order valence-electron chi connectivity index (χ2n) is 5.64. The zero-order valence-corrected chi connectivity index (χ0v) is 13.7. The summed E-state index contributed by atoms with van der Waals surface area (Å²) < 4.78 is 28.5. The highest BCUT2D eigenvalue weighted by molar-refractivity contribution is 7.15.